The molecule has 2 aliphatic heterocycles. The van der Waals surface area contributed by atoms with E-state index in [9.17, 15) is 0 Å². The Labute approximate surface area is 195 Å². The van der Waals surface area contributed by atoms with Gasteiger partial charge in [-0.3, -0.25) is 4.57 Å². The summed E-state index contributed by atoms with van der Waals surface area (Å²) in [4.78, 5) is 7.10. The molecule has 0 spiro atoms. The summed E-state index contributed by atoms with van der Waals surface area (Å²) in [6, 6.07) is 8.01. The maximum Gasteiger partial charge on any atom is 0.228 e. The van der Waals surface area contributed by atoms with Gasteiger partial charge >= 0.3 is 0 Å². The largest absolute Gasteiger partial charge is 0.497 e. The zero-order valence-corrected chi connectivity index (χ0v) is 19.7. The van der Waals surface area contributed by atoms with Gasteiger partial charge in [-0.1, -0.05) is 23.9 Å². The molecule has 10 heteroatoms. The third-order valence-corrected chi connectivity index (χ3v) is 7.56. The molecular formula is C22H27N5O3S2. The quantitative estimate of drug-likeness (QED) is 0.459. The zero-order valence-electron chi connectivity index (χ0n) is 18.1. The number of rotatable bonds is 8. The van der Waals surface area contributed by atoms with Gasteiger partial charge in [-0.05, 0) is 25.0 Å². The minimum absolute atomic E-state index is 0.226. The number of thiazole rings is 1. The monoisotopic (exact) mass is 473 g/mol. The van der Waals surface area contributed by atoms with Gasteiger partial charge in [0.25, 0.3) is 0 Å². The van der Waals surface area contributed by atoms with Crippen LogP contribution >= 0.6 is 23.1 Å². The lowest BCUT2D eigenvalue weighted by atomic mass is 10.2. The number of ether oxygens (including phenoxy) is 3. The summed E-state index contributed by atoms with van der Waals surface area (Å²) in [5, 5.41) is 13.1. The van der Waals surface area contributed by atoms with Crippen molar-refractivity contribution in [2.75, 3.05) is 44.9 Å². The lowest BCUT2D eigenvalue weighted by Gasteiger charge is -2.28. The Balaban J connectivity index is 1.31. The van der Waals surface area contributed by atoms with Crippen LogP contribution < -0.4 is 9.64 Å². The normalized spacial score (nSPS) is 18.9. The molecule has 0 N–H and O–H groups in total. The molecule has 170 valence electrons. The minimum Gasteiger partial charge on any atom is -0.497 e. The van der Waals surface area contributed by atoms with Crippen molar-refractivity contribution in [3.8, 4) is 16.3 Å². The van der Waals surface area contributed by atoms with Gasteiger partial charge in [-0.15, -0.1) is 21.5 Å². The highest BCUT2D eigenvalue weighted by molar-refractivity contribution is 7.98. The van der Waals surface area contributed by atoms with Gasteiger partial charge in [-0.2, -0.15) is 0 Å². The summed E-state index contributed by atoms with van der Waals surface area (Å²) in [5.41, 5.74) is 2.11. The van der Waals surface area contributed by atoms with Crippen LogP contribution in [0.5, 0.6) is 5.75 Å². The van der Waals surface area contributed by atoms with Crippen LogP contribution in [0.4, 0.5) is 5.95 Å². The lowest BCUT2D eigenvalue weighted by molar-refractivity contribution is 0.0942. The first-order valence-corrected chi connectivity index (χ1v) is 12.8. The molecule has 2 fully saturated rings. The van der Waals surface area contributed by atoms with Gasteiger partial charge < -0.3 is 19.1 Å². The van der Waals surface area contributed by atoms with Crippen molar-refractivity contribution in [2.45, 2.75) is 36.4 Å². The van der Waals surface area contributed by atoms with Crippen molar-refractivity contribution >= 4 is 29.0 Å². The summed E-state index contributed by atoms with van der Waals surface area (Å²) in [7, 11) is 1.68. The Hall–Kier alpha value is -2.14. The van der Waals surface area contributed by atoms with E-state index in [2.05, 4.69) is 31.1 Å². The van der Waals surface area contributed by atoms with E-state index in [0.717, 1.165) is 91.2 Å². The van der Waals surface area contributed by atoms with E-state index in [0.29, 0.717) is 0 Å². The fourth-order valence-electron chi connectivity index (χ4n) is 3.94. The third-order valence-electron chi connectivity index (χ3n) is 5.62. The smallest absolute Gasteiger partial charge is 0.228 e. The SMILES string of the molecule is COc1cccc(-c2nc(CSc3nnc(N4CCOCC4)n3C[C@@H]3CCCO3)cs2)c1. The maximum absolute atomic E-state index is 5.91. The number of anilines is 1. The highest BCUT2D eigenvalue weighted by Gasteiger charge is 2.25. The number of aromatic nitrogens is 4. The van der Waals surface area contributed by atoms with E-state index >= 15 is 0 Å². The first-order chi connectivity index (χ1) is 15.8. The summed E-state index contributed by atoms with van der Waals surface area (Å²) in [6.07, 6.45) is 2.43. The van der Waals surface area contributed by atoms with Crippen LogP contribution in [0.2, 0.25) is 0 Å². The van der Waals surface area contributed by atoms with Gasteiger partial charge in [-0.25, -0.2) is 4.98 Å². The Kier molecular flexibility index (Phi) is 6.92. The number of benzene rings is 1. The van der Waals surface area contributed by atoms with E-state index in [1.807, 2.05) is 18.2 Å². The Morgan fingerprint density at radius 2 is 2.12 bits per heavy atom. The van der Waals surface area contributed by atoms with Crippen LogP contribution in [0, 0.1) is 0 Å². The molecule has 5 rings (SSSR count). The fraction of sp³-hybridized carbons (Fsp3) is 0.500. The molecule has 0 radical (unpaired) electrons. The summed E-state index contributed by atoms with van der Waals surface area (Å²) < 4.78 is 19.0. The summed E-state index contributed by atoms with van der Waals surface area (Å²) in [5.74, 6) is 2.50. The van der Waals surface area contributed by atoms with Gasteiger partial charge in [0.2, 0.25) is 5.95 Å². The fourth-order valence-corrected chi connectivity index (χ4v) is 5.69. The van der Waals surface area contributed by atoms with Crippen molar-refractivity contribution in [3.05, 3.63) is 35.3 Å². The molecule has 4 heterocycles. The van der Waals surface area contributed by atoms with E-state index < -0.39 is 0 Å². The zero-order chi connectivity index (χ0) is 21.8. The van der Waals surface area contributed by atoms with Crippen molar-refractivity contribution in [2.24, 2.45) is 0 Å². The molecule has 0 saturated carbocycles. The van der Waals surface area contributed by atoms with Crippen LogP contribution in [0.25, 0.3) is 10.6 Å². The van der Waals surface area contributed by atoms with E-state index in [1.54, 1.807) is 30.2 Å². The first-order valence-electron chi connectivity index (χ1n) is 10.9. The molecule has 0 amide bonds. The maximum atomic E-state index is 5.91. The molecule has 2 saturated heterocycles. The molecule has 2 aromatic heterocycles. The number of hydrogen-bond donors (Lipinski definition) is 0. The van der Waals surface area contributed by atoms with E-state index in [-0.39, 0.29) is 6.10 Å². The number of morpholine rings is 1. The molecule has 0 unspecified atom stereocenters. The van der Waals surface area contributed by atoms with Crippen molar-refractivity contribution in [1.82, 2.24) is 19.7 Å². The van der Waals surface area contributed by atoms with Crippen LogP contribution in [-0.4, -0.2) is 65.9 Å². The van der Waals surface area contributed by atoms with Crippen molar-refractivity contribution in [3.63, 3.8) is 0 Å². The third kappa shape index (κ3) is 4.93. The Bertz CT molecular complexity index is 1030. The molecule has 8 nitrogen and oxygen atoms in total. The molecule has 0 aliphatic carbocycles. The van der Waals surface area contributed by atoms with Crippen LogP contribution in [0.1, 0.15) is 18.5 Å². The van der Waals surface area contributed by atoms with Crippen LogP contribution in [0.3, 0.4) is 0 Å². The lowest BCUT2D eigenvalue weighted by Crippen LogP contribution is -2.38. The molecule has 1 aromatic carbocycles. The topological polar surface area (TPSA) is 74.5 Å². The number of hydrogen-bond acceptors (Lipinski definition) is 9. The second-order valence-corrected chi connectivity index (χ2v) is 9.59. The van der Waals surface area contributed by atoms with Gasteiger partial charge in [0, 0.05) is 36.4 Å². The number of nitrogens with zero attached hydrogens (tertiary/aromatic N) is 5. The average Bonchev–Trinajstić information content (AvgIpc) is 3.60. The molecule has 0 bridgehead atoms. The minimum atomic E-state index is 0.226. The molecule has 1 atom stereocenters. The molecule has 2 aliphatic rings. The molecular weight excluding hydrogens is 446 g/mol. The predicted octanol–water partition coefficient (Wildman–Crippen LogP) is 3.72. The van der Waals surface area contributed by atoms with Crippen molar-refractivity contribution in [1.29, 1.82) is 0 Å². The van der Waals surface area contributed by atoms with Gasteiger partial charge in [0.05, 0.1) is 38.7 Å². The average molecular weight is 474 g/mol. The highest BCUT2D eigenvalue weighted by atomic mass is 32.2. The summed E-state index contributed by atoms with van der Waals surface area (Å²) >= 11 is 3.33. The second-order valence-electron chi connectivity index (χ2n) is 7.79. The van der Waals surface area contributed by atoms with E-state index in [1.165, 1.54) is 0 Å². The number of thioether (sulfide) groups is 1. The van der Waals surface area contributed by atoms with Gasteiger partial charge in [0.15, 0.2) is 5.16 Å². The molecule has 3 aromatic rings. The van der Waals surface area contributed by atoms with Crippen LogP contribution in [0.15, 0.2) is 34.8 Å². The number of methoxy groups -OCH3 is 1. The van der Waals surface area contributed by atoms with Gasteiger partial charge in [0.1, 0.15) is 10.8 Å². The standard InChI is InChI=1S/C22H27N5O3S2/c1-28-18-5-2-4-16(12-18)20-23-17(14-31-20)15-32-22-25-24-21(26-7-10-29-11-8-26)27(22)13-19-6-3-9-30-19/h2,4-5,12,14,19H,3,6-11,13,15H2,1H3/t19-/m0/s1. The van der Waals surface area contributed by atoms with E-state index in [4.69, 9.17) is 19.2 Å². The van der Waals surface area contributed by atoms with Crippen LogP contribution in [-0.2, 0) is 21.8 Å². The predicted molar refractivity (Wildman–Crippen MR) is 126 cm³/mol. The first kappa shape index (κ1) is 21.7. The molecule has 32 heavy (non-hydrogen) atoms. The Morgan fingerprint density at radius 1 is 1.22 bits per heavy atom. The Morgan fingerprint density at radius 3 is 2.94 bits per heavy atom. The van der Waals surface area contributed by atoms with Crippen molar-refractivity contribution < 1.29 is 14.2 Å². The summed E-state index contributed by atoms with van der Waals surface area (Å²) in [6.45, 7) is 4.75. The second kappa shape index (κ2) is 10.2. The highest BCUT2D eigenvalue weighted by Crippen LogP contribution is 2.31.